The molecule has 0 amide bonds. The van der Waals surface area contributed by atoms with Crippen LogP contribution in [0, 0.1) is 0 Å². The first-order valence-corrected chi connectivity index (χ1v) is 27.0. The van der Waals surface area contributed by atoms with Gasteiger partial charge in [0.05, 0.1) is 44.8 Å². The van der Waals surface area contributed by atoms with Crippen molar-refractivity contribution in [3.8, 4) is 101 Å². The van der Waals surface area contributed by atoms with E-state index in [1.165, 1.54) is 43.6 Å². The number of aromatic nitrogens is 6. The number of hydrogen-bond donors (Lipinski definition) is 0. The molecule has 0 spiro atoms. The molecule has 6 heteroatoms. The fourth-order valence-electron chi connectivity index (χ4n) is 11.5. The first kappa shape index (κ1) is 46.5. The minimum Gasteiger partial charge on any atom is -0.309 e. The smallest absolute Gasteiger partial charge is 0.160 e. The number of para-hydroxylation sites is 2. The molecular weight excluding hydrogens is 973 g/mol. The summed E-state index contributed by atoms with van der Waals surface area (Å²) >= 11 is 0. The fraction of sp³-hybridized carbons (Fsp3) is 0. The number of benzene rings is 11. The molecule has 0 N–H and O–H groups in total. The molecule has 0 aliphatic carbocycles. The summed E-state index contributed by atoms with van der Waals surface area (Å²) in [5.74, 6) is 1.39. The van der Waals surface area contributed by atoms with Gasteiger partial charge in [-0.15, -0.1) is 0 Å². The Labute approximate surface area is 462 Å². The van der Waals surface area contributed by atoms with E-state index in [0.717, 1.165) is 89.8 Å². The highest BCUT2D eigenvalue weighted by molar-refractivity contribution is 6.29. The van der Waals surface area contributed by atoms with Gasteiger partial charge in [-0.2, -0.15) is 0 Å². The van der Waals surface area contributed by atoms with Crippen molar-refractivity contribution >= 4 is 43.6 Å². The van der Waals surface area contributed by atoms with Gasteiger partial charge in [-0.1, -0.05) is 231 Å². The van der Waals surface area contributed by atoms with Crippen LogP contribution in [0.4, 0.5) is 0 Å². The second-order valence-electron chi connectivity index (χ2n) is 20.2. The summed E-state index contributed by atoms with van der Waals surface area (Å²) in [7, 11) is 0. The maximum atomic E-state index is 5.06. The van der Waals surface area contributed by atoms with Gasteiger partial charge in [-0.25, -0.2) is 19.9 Å². The molecular formula is C74H48N6. The van der Waals surface area contributed by atoms with Crippen molar-refractivity contribution < 1.29 is 0 Å². The van der Waals surface area contributed by atoms with E-state index in [0.29, 0.717) is 11.6 Å². The van der Waals surface area contributed by atoms with Crippen LogP contribution in [-0.4, -0.2) is 29.1 Å². The summed E-state index contributed by atoms with van der Waals surface area (Å²) in [4.78, 5) is 20.3. The predicted molar refractivity (Wildman–Crippen MR) is 330 cm³/mol. The van der Waals surface area contributed by atoms with E-state index in [-0.39, 0.29) is 0 Å². The van der Waals surface area contributed by atoms with Crippen LogP contribution in [0.2, 0.25) is 0 Å². The quantitative estimate of drug-likeness (QED) is 0.137. The topological polar surface area (TPSA) is 61.4 Å². The molecule has 6 nitrogen and oxygen atoms in total. The molecule has 0 aliphatic rings. The molecule has 0 fully saturated rings. The van der Waals surface area contributed by atoms with Crippen molar-refractivity contribution in [2.24, 2.45) is 0 Å². The standard InChI is InChI=1S/C74H48N6/c1-5-17-53(18-6-1)63-47-64(54-19-7-2-8-20-54)76-73(75-63)57-33-29-49(30-34-57)51-37-41-59(42-38-51)79-67-27-15-13-25-61(67)71-69(79)45-46-70-72(71)62-26-14-16-28-68(62)80(70)60-43-39-52(40-44-60)50-31-35-58(36-32-50)74-77-65(55-21-9-3-10-22-55)48-66(78-74)56-23-11-4-12-24-56/h1-48H. The summed E-state index contributed by atoms with van der Waals surface area (Å²) in [6.45, 7) is 0. The van der Waals surface area contributed by atoms with Gasteiger partial charge in [0.1, 0.15) is 0 Å². The molecule has 80 heavy (non-hydrogen) atoms. The van der Waals surface area contributed by atoms with Gasteiger partial charge >= 0.3 is 0 Å². The Hall–Kier alpha value is -10.8. The van der Waals surface area contributed by atoms with Gasteiger partial charge < -0.3 is 9.13 Å². The van der Waals surface area contributed by atoms with Gasteiger partial charge in [0.15, 0.2) is 11.6 Å². The van der Waals surface area contributed by atoms with Crippen LogP contribution in [0.3, 0.4) is 0 Å². The predicted octanol–water partition coefficient (Wildman–Crippen LogP) is 18.8. The first-order valence-electron chi connectivity index (χ1n) is 27.0. The van der Waals surface area contributed by atoms with Gasteiger partial charge in [0, 0.05) is 66.3 Å². The highest BCUT2D eigenvalue weighted by Crippen LogP contribution is 2.43. The van der Waals surface area contributed by atoms with Gasteiger partial charge in [-0.3, -0.25) is 0 Å². The Morgan fingerprint density at radius 2 is 0.463 bits per heavy atom. The molecule has 0 unspecified atom stereocenters. The van der Waals surface area contributed by atoms with Crippen molar-refractivity contribution in [1.82, 2.24) is 29.1 Å². The van der Waals surface area contributed by atoms with Crippen molar-refractivity contribution in [2.45, 2.75) is 0 Å². The van der Waals surface area contributed by atoms with E-state index < -0.39 is 0 Å². The zero-order valence-electron chi connectivity index (χ0n) is 43.4. The lowest BCUT2D eigenvalue weighted by Gasteiger charge is -2.12. The van der Waals surface area contributed by atoms with Gasteiger partial charge in [0.2, 0.25) is 0 Å². The molecule has 4 aromatic heterocycles. The summed E-state index contributed by atoms with van der Waals surface area (Å²) in [6.07, 6.45) is 0. The first-order chi connectivity index (χ1) is 39.6. The van der Waals surface area contributed by atoms with E-state index in [2.05, 4.69) is 228 Å². The number of rotatable bonds is 10. The maximum absolute atomic E-state index is 5.06. The highest BCUT2D eigenvalue weighted by atomic mass is 15.0. The lowest BCUT2D eigenvalue weighted by atomic mass is 10.0. The average molecular weight is 1020 g/mol. The molecule has 15 aromatic rings. The minimum absolute atomic E-state index is 0.697. The monoisotopic (exact) mass is 1020 g/mol. The maximum Gasteiger partial charge on any atom is 0.160 e. The van der Waals surface area contributed by atoms with E-state index in [9.17, 15) is 0 Å². The lowest BCUT2D eigenvalue weighted by molar-refractivity contribution is 1.17. The summed E-state index contributed by atoms with van der Waals surface area (Å²) in [5.41, 5.74) is 21.1. The van der Waals surface area contributed by atoms with Crippen LogP contribution in [0.1, 0.15) is 0 Å². The number of nitrogens with zero attached hydrogens (tertiary/aromatic N) is 6. The SMILES string of the molecule is c1ccc(-c2cc(-c3ccccc3)nc(-c3ccc(-c4ccc(-n5c6ccccc6c6c7c8ccccc8n(-c8ccc(-c9ccc(-c%10nc(-c%11ccccc%11)cc(-c%11ccccc%11)n%10)cc9)cc8)c7ccc65)cc4)cc3)n2)cc1. The average Bonchev–Trinajstić information content (AvgIpc) is 4.25. The van der Waals surface area contributed by atoms with Gasteiger partial charge in [0.25, 0.3) is 0 Å². The van der Waals surface area contributed by atoms with E-state index in [1.54, 1.807) is 0 Å². The fourth-order valence-corrected chi connectivity index (χ4v) is 11.5. The van der Waals surface area contributed by atoms with Crippen LogP contribution < -0.4 is 0 Å². The molecule has 4 heterocycles. The summed E-state index contributed by atoms with van der Waals surface area (Å²) < 4.78 is 4.83. The third-order valence-electron chi connectivity index (χ3n) is 15.4. The van der Waals surface area contributed by atoms with Crippen LogP contribution in [0.5, 0.6) is 0 Å². The third-order valence-corrected chi connectivity index (χ3v) is 15.4. The Morgan fingerprint density at radius 3 is 0.775 bits per heavy atom. The Kier molecular flexibility index (Phi) is 11.4. The van der Waals surface area contributed by atoms with Crippen molar-refractivity contribution in [1.29, 1.82) is 0 Å². The largest absolute Gasteiger partial charge is 0.309 e. The highest BCUT2D eigenvalue weighted by Gasteiger charge is 2.21. The minimum atomic E-state index is 0.697. The molecule has 0 saturated carbocycles. The van der Waals surface area contributed by atoms with E-state index in [1.807, 2.05) is 72.8 Å². The van der Waals surface area contributed by atoms with Crippen molar-refractivity contribution in [2.75, 3.05) is 0 Å². The van der Waals surface area contributed by atoms with E-state index >= 15 is 0 Å². The molecule has 0 radical (unpaired) electrons. The molecule has 0 atom stereocenters. The van der Waals surface area contributed by atoms with Crippen molar-refractivity contribution in [3.63, 3.8) is 0 Å². The molecule has 0 saturated heterocycles. The second kappa shape index (κ2) is 19.6. The zero-order valence-corrected chi connectivity index (χ0v) is 43.4. The molecule has 0 bridgehead atoms. The number of hydrogen-bond acceptors (Lipinski definition) is 4. The Morgan fingerprint density at radius 1 is 0.200 bits per heavy atom. The van der Waals surface area contributed by atoms with Crippen LogP contribution in [0.25, 0.3) is 145 Å². The van der Waals surface area contributed by atoms with Crippen LogP contribution in [-0.2, 0) is 0 Å². The van der Waals surface area contributed by atoms with Crippen molar-refractivity contribution in [3.05, 3.63) is 291 Å². The van der Waals surface area contributed by atoms with E-state index in [4.69, 9.17) is 19.9 Å². The Bertz CT molecular complexity index is 4320. The Balaban J connectivity index is 0.748. The second-order valence-corrected chi connectivity index (χ2v) is 20.2. The summed E-state index contributed by atoms with van der Waals surface area (Å²) in [6, 6.07) is 103. The summed E-state index contributed by atoms with van der Waals surface area (Å²) in [5, 5.41) is 4.92. The molecule has 374 valence electrons. The van der Waals surface area contributed by atoms with Gasteiger partial charge in [-0.05, 0) is 82.9 Å². The molecule has 0 aliphatic heterocycles. The van der Waals surface area contributed by atoms with Crippen LogP contribution in [0.15, 0.2) is 291 Å². The molecule has 11 aromatic carbocycles. The van der Waals surface area contributed by atoms with Crippen LogP contribution >= 0.6 is 0 Å². The number of fused-ring (bicyclic) bond motifs is 7. The molecule has 15 rings (SSSR count). The lowest BCUT2D eigenvalue weighted by Crippen LogP contribution is -1.96. The zero-order chi connectivity index (χ0) is 52.9. The normalized spacial score (nSPS) is 11.5. The third kappa shape index (κ3) is 8.31.